The number of carbonyl (C=O) groups is 2. The minimum atomic E-state index is -1.10. The number of hydrogen-bond acceptors (Lipinski definition) is 5. The van der Waals surface area contributed by atoms with Crippen LogP contribution < -0.4 is 5.32 Å². The summed E-state index contributed by atoms with van der Waals surface area (Å²) < 4.78 is 7.76. The van der Waals surface area contributed by atoms with Crippen molar-refractivity contribution in [3.8, 4) is 0 Å². The van der Waals surface area contributed by atoms with Gasteiger partial charge in [-0.3, -0.25) is 4.79 Å². The van der Waals surface area contributed by atoms with Gasteiger partial charge in [0.2, 0.25) is 5.76 Å². The van der Waals surface area contributed by atoms with E-state index < -0.39 is 5.97 Å². The molecular formula is C18H12N2O4S2. The molecule has 130 valence electrons. The molecule has 3 heterocycles. The lowest BCUT2D eigenvalue weighted by atomic mass is 10.1. The number of benzene rings is 1. The fourth-order valence-electron chi connectivity index (χ4n) is 2.83. The second-order valence-corrected chi connectivity index (χ2v) is 7.37. The Hall–Kier alpha value is -2.84. The third-order valence-corrected chi connectivity index (χ3v) is 5.11. The normalized spacial score (nSPS) is 15.8. The van der Waals surface area contributed by atoms with Gasteiger partial charge in [-0.1, -0.05) is 42.2 Å². The van der Waals surface area contributed by atoms with Crippen LogP contribution >= 0.6 is 24.0 Å². The van der Waals surface area contributed by atoms with Crippen LogP contribution in [0.15, 0.2) is 51.9 Å². The molecule has 0 atom stereocenters. The van der Waals surface area contributed by atoms with Crippen LogP contribution in [0, 0.1) is 0 Å². The van der Waals surface area contributed by atoms with E-state index in [1.165, 1.54) is 17.8 Å². The number of hydrogen-bond donors (Lipinski definition) is 2. The summed E-state index contributed by atoms with van der Waals surface area (Å²) in [7, 11) is 0. The average Bonchev–Trinajstić information content (AvgIpc) is 3.28. The smallest absolute Gasteiger partial charge is 0.371 e. The summed E-state index contributed by atoms with van der Waals surface area (Å²) in [5.41, 5.74) is 1.84. The zero-order valence-electron chi connectivity index (χ0n) is 13.3. The molecule has 2 N–H and O–H groups in total. The predicted octanol–water partition coefficient (Wildman–Crippen LogP) is 3.47. The molecular weight excluding hydrogens is 372 g/mol. The van der Waals surface area contributed by atoms with Crippen LogP contribution in [0.1, 0.15) is 21.9 Å². The van der Waals surface area contributed by atoms with Crippen LogP contribution in [-0.4, -0.2) is 25.9 Å². The van der Waals surface area contributed by atoms with Crippen molar-refractivity contribution >= 4 is 57.2 Å². The molecule has 1 saturated heterocycles. The van der Waals surface area contributed by atoms with Gasteiger partial charge >= 0.3 is 5.97 Å². The Labute approximate surface area is 157 Å². The Kier molecular flexibility index (Phi) is 4.14. The van der Waals surface area contributed by atoms with Gasteiger partial charge in [0.05, 0.1) is 11.4 Å². The number of nitrogens with zero attached hydrogens (tertiary/aromatic N) is 1. The number of amides is 1. The molecule has 1 aromatic carbocycles. The average molecular weight is 384 g/mol. The molecule has 1 aliphatic rings. The predicted molar refractivity (Wildman–Crippen MR) is 103 cm³/mol. The lowest BCUT2D eigenvalue weighted by Crippen LogP contribution is -2.17. The first kappa shape index (κ1) is 16.6. The first-order valence-electron chi connectivity index (χ1n) is 7.66. The second kappa shape index (κ2) is 6.47. The van der Waals surface area contributed by atoms with Crippen LogP contribution in [0.5, 0.6) is 0 Å². The Morgan fingerprint density at radius 3 is 2.81 bits per heavy atom. The van der Waals surface area contributed by atoms with Crippen molar-refractivity contribution in [2.45, 2.75) is 6.54 Å². The zero-order chi connectivity index (χ0) is 18.3. The summed E-state index contributed by atoms with van der Waals surface area (Å²) in [4.78, 5) is 23.4. The maximum Gasteiger partial charge on any atom is 0.371 e. The van der Waals surface area contributed by atoms with E-state index in [-0.39, 0.29) is 11.7 Å². The standard InChI is InChI=1S/C18H12N2O4S2/c21-16-15(26-18(25)19-16)7-10-8-20(13-4-2-1-3-12(10)13)9-11-5-6-14(24-11)17(22)23/h1-8H,9H2,(H,22,23)(H,19,21,25). The maximum absolute atomic E-state index is 11.9. The number of fused-ring (bicyclic) bond motifs is 1. The van der Waals surface area contributed by atoms with Gasteiger partial charge in [-0.2, -0.15) is 0 Å². The Bertz CT molecular complexity index is 1090. The first-order chi connectivity index (χ1) is 12.5. The minimum absolute atomic E-state index is 0.0913. The molecule has 0 spiro atoms. The van der Waals surface area contributed by atoms with E-state index in [1.807, 2.05) is 41.1 Å². The molecule has 0 unspecified atom stereocenters. The molecule has 6 nitrogen and oxygen atoms in total. The van der Waals surface area contributed by atoms with Gasteiger partial charge in [0.15, 0.2) is 0 Å². The van der Waals surface area contributed by atoms with Crippen molar-refractivity contribution < 1.29 is 19.1 Å². The molecule has 1 fully saturated rings. The zero-order valence-corrected chi connectivity index (χ0v) is 14.9. The van der Waals surface area contributed by atoms with E-state index >= 15 is 0 Å². The first-order valence-corrected chi connectivity index (χ1v) is 8.88. The molecule has 0 saturated carbocycles. The van der Waals surface area contributed by atoms with Crippen molar-refractivity contribution in [1.82, 2.24) is 9.88 Å². The maximum atomic E-state index is 11.9. The highest BCUT2D eigenvalue weighted by Gasteiger charge is 2.22. The largest absolute Gasteiger partial charge is 0.475 e. The lowest BCUT2D eigenvalue weighted by Gasteiger charge is -2.02. The number of para-hydroxylation sites is 1. The molecule has 0 radical (unpaired) electrons. The fourth-order valence-corrected chi connectivity index (χ4v) is 3.86. The number of nitrogens with one attached hydrogen (secondary N) is 1. The van der Waals surface area contributed by atoms with Gasteiger partial charge in [0.25, 0.3) is 5.91 Å². The molecule has 2 aromatic heterocycles. The summed E-state index contributed by atoms with van der Waals surface area (Å²) >= 11 is 6.26. The number of aromatic carboxylic acids is 1. The van der Waals surface area contributed by atoms with Gasteiger partial charge in [0, 0.05) is 22.7 Å². The number of aromatic nitrogens is 1. The van der Waals surface area contributed by atoms with Gasteiger partial charge in [0.1, 0.15) is 10.1 Å². The molecule has 8 heteroatoms. The monoisotopic (exact) mass is 384 g/mol. The Balaban J connectivity index is 1.74. The van der Waals surface area contributed by atoms with E-state index in [2.05, 4.69) is 5.32 Å². The highest BCUT2D eigenvalue weighted by molar-refractivity contribution is 8.26. The molecule has 1 aliphatic heterocycles. The SMILES string of the molecule is O=C1NC(=S)SC1=Cc1cn(Cc2ccc(C(=O)O)o2)c2ccccc12. The summed E-state index contributed by atoms with van der Waals surface area (Å²) in [6, 6.07) is 10.9. The number of thioether (sulfide) groups is 1. The van der Waals surface area contributed by atoms with Gasteiger partial charge < -0.3 is 19.4 Å². The molecule has 4 rings (SSSR count). The highest BCUT2D eigenvalue weighted by atomic mass is 32.2. The van der Waals surface area contributed by atoms with E-state index in [1.54, 1.807) is 6.07 Å². The number of furan rings is 1. The van der Waals surface area contributed by atoms with Crippen LogP contribution in [0.3, 0.4) is 0 Å². The van der Waals surface area contributed by atoms with Gasteiger partial charge in [-0.15, -0.1) is 0 Å². The summed E-state index contributed by atoms with van der Waals surface area (Å²) in [6.07, 6.45) is 3.72. The molecule has 0 bridgehead atoms. The van der Waals surface area contributed by atoms with Crippen LogP contribution in [0.2, 0.25) is 0 Å². The highest BCUT2D eigenvalue weighted by Crippen LogP contribution is 2.30. The van der Waals surface area contributed by atoms with Crippen molar-refractivity contribution in [1.29, 1.82) is 0 Å². The minimum Gasteiger partial charge on any atom is -0.475 e. The quantitative estimate of drug-likeness (QED) is 0.529. The van der Waals surface area contributed by atoms with Gasteiger partial charge in [-0.05, 0) is 24.3 Å². The lowest BCUT2D eigenvalue weighted by molar-refractivity contribution is -0.115. The number of thiocarbonyl (C=S) groups is 1. The third kappa shape index (κ3) is 3.04. The van der Waals surface area contributed by atoms with Crippen molar-refractivity contribution in [2.75, 3.05) is 0 Å². The molecule has 1 amide bonds. The molecule has 0 aliphatic carbocycles. The Morgan fingerprint density at radius 1 is 1.31 bits per heavy atom. The van der Waals surface area contributed by atoms with E-state index in [0.717, 1.165) is 16.5 Å². The van der Waals surface area contributed by atoms with Crippen molar-refractivity contribution in [3.63, 3.8) is 0 Å². The second-order valence-electron chi connectivity index (χ2n) is 5.65. The van der Waals surface area contributed by atoms with Gasteiger partial charge in [-0.25, -0.2) is 4.79 Å². The third-order valence-electron chi connectivity index (χ3n) is 3.95. The number of carboxylic acids is 1. The van der Waals surface area contributed by atoms with Crippen molar-refractivity contribution in [3.05, 3.63) is 64.6 Å². The van der Waals surface area contributed by atoms with Crippen LogP contribution in [-0.2, 0) is 11.3 Å². The Morgan fingerprint density at radius 2 is 2.12 bits per heavy atom. The van der Waals surface area contributed by atoms with Crippen LogP contribution in [0.4, 0.5) is 0 Å². The summed E-state index contributed by atoms with van der Waals surface area (Å²) in [5, 5.41) is 12.6. The van der Waals surface area contributed by atoms with Crippen LogP contribution in [0.25, 0.3) is 17.0 Å². The number of rotatable bonds is 4. The van der Waals surface area contributed by atoms with E-state index in [0.29, 0.717) is 21.5 Å². The molecule has 26 heavy (non-hydrogen) atoms. The van der Waals surface area contributed by atoms with E-state index in [9.17, 15) is 9.59 Å². The van der Waals surface area contributed by atoms with Crippen molar-refractivity contribution in [2.24, 2.45) is 0 Å². The fraction of sp³-hybridized carbons (Fsp3) is 0.0556. The molecule has 3 aromatic rings. The number of carboxylic acid groups (broad SMARTS) is 1. The van der Waals surface area contributed by atoms with E-state index in [4.69, 9.17) is 21.7 Å². The number of carbonyl (C=O) groups excluding carboxylic acids is 1. The summed E-state index contributed by atoms with van der Waals surface area (Å²) in [6.45, 7) is 0.384. The summed E-state index contributed by atoms with van der Waals surface area (Å²) in [5.74, 6) is -0.851. The topological polar surface area (TPSA) is 84.5 Å².